The molecule has 2 atom stereocenters. The number of carbonyl (C=O) groups excluding carboxylic acids is 1. The van der Waals surface area contributed by atoms with E-state index in [0.29, 0.717) is 66.2 Å². The summed E-state index contributed by atoms with van der Waals surface area (Å²) in [5.74, 6) is 1.09. The largest absolute Gasteiger partial charge is 0.573 e. The van der Waals surface area contributed by atoms with Gasteiger partial charge in [0, 0.05) is 37.1 Å². The van der Waals surface area contributed by atoms with E-state index < -0.39 is 24.1 Å². The van der Waals surface area contributed by atoms with Crippen LogP contribution in [0, 0.1) is 17.2 Å². The minimum Gasteiger partial charge on any atom is -0.493 e. The minimum atomic E-state index is -4.82. The van der Waals surface area contributed by atoms with Gasteiger partial charge in [-0.05, 0) is 36.6 Å². The maximum absolute atomic E-state index is 13.1. The van der Waals surface area contributed by atoms with Crippen molar-refractivity contribution in [2.24, 2.45) is 5.92 Å². The number of amides is 1. The molecule has 0 radical (unpaired) electrons. The highest BCUT2D eigenvalue weighted by atomic mass is 19.4. The number of rotatable bonds is 10. The molecule has 4 rings (SSSR count). The molecule has 0 spiro atoms. The molecule has 2 heterocycles. The molecule has 11 nitrogen and oxygen atoms in total. The number of anilines is 3. The SMILES string of the molecule is COc1cc(Nc2nccc(N3CCCC(C(=O)N[C@H](C#N)c4ccc(OC(F)(F)F)cc4)C3)n2)cc(OC)c1OC. The zero-order valence-corrected chi connectivity index (χ0v) is 23.1. The van der Waals surface area contributed by atoms with E-state index in [4.69, 9.17) is 14.2 Å². The van der Waals surface area contributed by atoms with Gasteiger partial charge in [0.2, 0.25) is 17.6 Å². The van der Waals surface area contributed by atoms with Crippen LogP contribution in [0.25, 0.3) is 0 Å². The zero-order chi connectivity index (χ0) is 30.3. The number of hydrogen-bond donors (Lipinski definition) is 2. The van der Waals surface area contributed by atoms with Crippen molar-refractivity contribution in [3.05, 3.63) is 54.2 Å². The van der Waals surface area contributed by atoms with E-state index in [2.05, 4.69) is 25.3 Å². The van der Waals surface area contributed by atoms with E-state index >= 15 is 0 Å². The van der Waals surface area contributed by atoms with Crippen LogP contribution in [0.5, 0.6) is 23.0 Å². The first-order valence-corrected chi connectivity index (χ1v) is 12.8. The Morgan fingerprint density at radius 2 is 1.79 bits per heavy atom. The van der Waals surface area contributed by atoms with Crippen LogP contribution < -0.4 is 34.5 Å². The molecule has 1 unspecified atom stereocenters. The fraction of sp³-hybridized carbons (Fsp3) is 0.357. The number of benzene rings is 2. The van der Waals surface area contributed by atoms with Crippen LogP contribution in [-0.4, -0.2) is 56.7 Å². The maximum Gasteiger partial charge on any atom is 0.573 e. The highest BCUT2D eigenvalue weighted by Gasteiger charge is 2.31. The summed E-state index contributed by atoms with van der Waals surface area (Å²) in [6.07, 6.45) is -1.92. The molecule has 1 fully saturated rings. The lowest BCUT2D eigenvalue weighted by atomic mass is 9.96. The number of piperidine rings is 1. The highest BCUT2D eigenvalue weighted by molar-refractivity contribution is 5.80. The average molecular weight is 587 g/mol. The summed E-state index contributed by atoms with van der Waals surface area (Å²) in [6.45, 7) is 1.01. The van der Waals surface area contributed by atoms with E-state index in [1.165, 1.54) is 33.5 Å². The fourth-order valence-electron chi connectivity index (χ4n) is 4.58. The van der Waals surface area contributed by atoms with Crippen LogP contribution in [0.2, 0.25) is 0 Å². The second-order valence-corrected chi connectivity index (χ2v) is 9.25. The van der Waals surface area contributed by atoms with Crippen molar-refractivity contribution in [2.45, 2.75) is 25.2 Å². The Kier molecular flexibility index (Phi) is 9.41. The van der Waals surface area contributed by atoms with Crippen molar-refractivity contribution < 1.29 is 36.9 Å². The van der Waals surface area contributed by atoms with Gasteiger partial charge in [-0.25, -0.2) is 4.98 Å². The van der Waals surface area contributed by atoms with Crippen molar-refractivity contribution in [3.8, 4) is 29.1 Å². The summed E-state index contributed by atoms with van der Waals surface area (Å²) in [4.78, 5) is 24.0. The average Bonchev–Trinajstić information content (AvgIpc) is 2.99. The van der Waals surface area contributed by atoms with E-state index in [0.717, 1.165) is 12.1 Å². The van der Waals surface area contributed by atoms with Crippen molar-refractivity contribution in [1.29, 1.82) is 5.26 Å². The summed E-state index contributed by atoms with van der Waals surface area (Å²) < 4.78 is 57.3. The molecule has 3 aromatic rings. The molecule has 0 aliphatic carbocycles. The van der Waals surface area contributed by atoms with Crippen LogP contribution in [0.4, 0.5) is 30.6 Å². The smallest absolute Gasteiger partial charge is 0.493 e. The number of nitrogens with one attached hydrogen (secondary N) is 2. The predicted octanol–water partition coefficient (Wildman–Crippen LogP) is 4.74. The Labute approximate surface area is 240 Å². The maximum atomic E-state index is 13.1. The quantitative estimate of drug-likeness (QED) is 0.343. The molecule has 1 aliphatic heterocycles. The predicted molar refractivity (Wildman–Crippen MR) is 146 cm³/mol. The fourth-order valence-corrected chi connectivity index (χ4v) is 4.58. The van der Waals surface area contributed by atoms with Gasteiger partial charge in [-0.15, -0.1) is 13.2 Å². The number of hydrogen-bond acceptors (Lipinski definition) is 10. The molecule has 1 amide bonds. The van der Waals surface area contributed by atoms with Gasteiger partial charge in [0.25, 0.3) is 0 Å². The molecule has 42 heavy (non-hydrogen) atoms. The summed E-state index contributed by atoms with van der Waals surface area (Å²) in [5, 5.41) is 15.5. The van der Waals surface area contributed by atoms with E-state index in [1.54, 1.807) is 24.4 Å². The molecule has 1 aliphatic rings. The topological polar surface area (TPSA) is 131 Å². The standard InChI is InChI=1S/C28H29F3N6O5/c1-39-22-13-19(14-23(40-2)25(22)41-3)34-27-33-11-10-24(36-27)37-12-4-5-18(16-37)26(38)35-21(15-32)17-6-8-20(9-7-17)42-28(29,30)31/h6-11,13-14,18,21H,4-5,12,16H2,1-3H3,(H,35,38)(H,33,34,36)/t18?,21-/m1/s1. The first kappa shape index (κ1) is 30.0. The first-order valence-electron chi connectivity index (χ1n) is 12.8. The van der Waals surface area contributed by atoms with Gasteiger partial charge in [0.15, 0.2) is 11.5 Å². The van der Waals surface area contributed by atoms with Gasteiger partial charge in [-0.3, -0.25) is 4.79 Å². The lowest BCUT2D eigenvalue weighted by Crippen LogP contribution is -2.44. The molecule has 2 aromatic carbocycles. The van der Waals surface area contributed by atoms with E-state index in [9.17, 15) is 23.2 Å². The van der Waals surface area contributed by atoms with Gasteiger partial charge in [0.1, 0.15) is 17.6 Å². The number of aromatic nitrogens is 2. The number of halogens is 3. The molecule has 222 valence electrons. The number of nitrogens with zero attached hydrogens (tertiary/aromatic N) is 4. The van der Waals surface area contributed by atoms with Gasteiger partial charge < -0.3 is 34.5 Å². The van der Waals surface area contributed by atoms with Crippen LogP contribution in [0.3, 0.4) is 0 Å². The van der Waals surface area contributed by atoms with Gasteiger partial charge in [0.05, 0.1) is 33.3 Å². The van der Waals surface area contributed by atoms with E-state index in [1.807, 2.05) is 11.0 Å². The summed E-state index contributed by atoms with van der Waals surface area (Å²) in [6, 6.07) is 11.0. The molecule has 0 bridgehead atoms. The lowest BCUT2D eigenvalue weighted by molar-refractivity contribution is -0.274. The lowest BCUT2D eigenvalue weighted by Gasteiger charge is -2.33. The Hall–Kier alpha value is -4.93. The van der Waals surface area contributed by atoms with Crippen LogP contribution >= 0.6 is 0 Å². The van der Waals surface area contributed by atoms with Crippen molar-refractivity contribution in [3.63, 3.8) is 0 Å². The third-order valence-electron chi connectivity index (χ3n) is 6.54. The summed E-state index contributed by atoms with van der Waals surface area (Å²) in [7, 11) is 4.55. The van der Waals surface area contributed by atoms with Crippen molar-refractivity contribution >= 4 is 23.4 Å². The molecule has 14 heteroatoms. The highest BCUT2D eigenvalue weighted by Crippen LogP contribution is 2.40. The Morgan fingerprint density at radius 1 is 1.10 bits per heavy atom. The van der Waals surface area contributed by atoms with Crippen LogP contribution in [0.1, 0.15) is 24.4 Å². The van der Waals surface area contributed by atoms with Crippen molar-refractivity contribution in [2.75, 3.05) is 44.6 Å². The van der Waals surface area contributed by atoms with Gasteiger partial charge in [-0.2, -0.15) is 10.2 Å². The molecule has 2 N–H and O–H groups in total. The Bertz CT molecular complexity index is 1410. The number of nitriles is 1. The third-order valence-corrected chi connectivity index (χ3v) is 6.54. The summed E-state index contributed by atoms with van der Waals surface area (Å²) >= 11 is 0. The first-order chi connectivity index (χ1) is 20.1. The summed E-state index contributed by atoms with van der Waals surface area (Å²) in [5.41, 5.74) is 0.949. The monoisotopic (exact) mass is 586 g/mol. The second-order valence-electron chi connectivity index (χ2n) is 9.25. The number of ether oxygens (including phenoxy) is 4. The Morgan fingerprint density at radius 3 is 2.38 bits per heavy atom. The second kappa shape index (κ2) is 13.2. The number of carbonyl (C=O) groups is 1. The van der Waals surface area contributed by atoms with Gasteiger partial charge in [-0.1, -0.05) is 12.1 Å². The van der Waals surface area contributed by atoms with Crippen molar-refractivity contribution in [1.82, 2.24) is 15.3 Å². The van der Waals surface area contributed by atoms with Crippen LogP contribution in [-0.2, 0) is 4.79 Å². The van der Waals surface area contributed by atoms with Crippen LogP contribution in [0.15, 0.2) is 48.7 Å². The molecule has 0 saturated carbocycles. The molecular formula is C28H29F3N6O5. The minimum absolute atomic E-state index is 0.316. The third kappa shape index (κ3) is 7.42. The number of alkyl halides is 3. The molecular weight excluding hydrogens is 557 g/mol. The van der Waals surface area contributed by atoms with Gasteiger partial charge >= 0.3 is 6.36 Å². The Balaban J connectivity index is 1.42. The molecule has 1 aromatic heterocycles. The van der Waals surface area contributed by atoms with E-state index in [-0.39, 0.29) is 5.91 Å². The molecule has 1 saturated heterocycles. The zero-order valence-electron chi connectivity index (χ0n) is 23.1. The normalized spacial score (nSPS) is 15.6. The number of methoxy groups -OCH3 is 3.